The number of hydrogen-bond acceptors (Lipinski definition) is 6. The molecule has 8 nitrogen and oxygen atoms in total. The SMILES string of the molecule is CC1CN(c2ccc(-c3cc(C(=O)O)nc4c3c(C(C)C)nn4C3CCCCC3)cn2)CC(C)O1. The van der Waals surface area contributed by atoms with Gasteiger partial charge in [-0.2, -0.15) is 5.10 Å². The van der Waals surface area contributed by atoms with Gasteiger partial charge in [0.2, 0.25) is 0 Å². The number of carbonyl (C=O) groups is 1. The van der Waals surface area contributed by atoms with E-state index in [-0.39, 0.29) is 29.9 Å². The Morgan fingerprint density at radius 1 is 1.11 bits per heavy atom. The molecule has 3 aromatic rings. The van der Waals surface area contributed by atoms with Crippen LogP contribution in [0.5, 0.6) is 0 Å². The van der Waals surface area contributed by atoms with E-state index in [4.69, 9.17) is 14.8 Å². The first kappa shape index (κ1) is 23.7. The van der Waals surface area contributed by atoms with Crippen molar-refractivity contribution >= 4 is 22.8 Å². The molecule has 35 heavy (non-hydrogen) atoms. The lowest BCUT2D eigenvalue weighted by molar-refractivity contribution is -0.00546. The van der Waals surface area contributed by atoms with E-state index in [2.05, 4.69) is 37.6 Å². The molecule has 186 valence electrons. The maximum absolute atomic E-state index is 12.1. The first-order chi connectivity index (χ1) is 16.8. The topological polar surface area (TPSA) is 93.4 Å². The summed E-state index contributed by atoms with van der Waals surface area (Å²) < 4.78 is 7.87. The highest BCUT2D eigenvalue weighted by Crippen LogP contribution is 2.38. The van der Waals surface area contributed by atoms with Crippen molar-refractivity contribution in [1.29, 1.82) is 0 Å². The average molecular weight is 478 g/mol. The third kappa shape index (κ3) is 4.63. The first-order valence-corrected chi connectivity index (χ1v) is 12.8. The Balaban J connectivity index is 1.62. The molecule has 2 atom stereocenters. The Morgan fingerprint density at radius 2 is 1.83 bits per heavy atom. The van der Waals surface area contributed by atoms with Gasteiger partial charge in [0.05, 0.1) is 29.3 Å². The van der Waals surface area contributed by atoms with Crippen molar-refractivity contribution in [2.75, 3.05) is 18.0 Å². The number of carboxylic acids is 1. The van der Waals surface area contributed by atoms with Crippen molar-refractivity contribution in [3.8, 4) is 11.1 Å². The average Bonchev–Trinajstić information content (AvgIpc) is 3.23. The van der Waals surface area contributed by atoms with Crippen molar-refractivity contribution in [2.24, 2.45) is 0 Å². The van der Waals surface area contributed by atoms with Gasteiger partial charge in [0.15, 0.2) is 11.3 Å². The molecule has 1 N–H and O–H groups in total. The van der Waals surface area contributed by atoms with Gasteiger partial charge in [-0.05, 0) is 56.4 Å². The number of nitrogens with zero attached hydrogens (tertiary/aromatic N) is 5. The summed E-state index contributed by atoms with van der Waals surface area (Å²) in [4.78, 5) is 23.7. The molecule has 2 fully saturated rings. The van der Waals surface area contributed by atoms with Gasteiger partial charge in [-0.3, -0.25) is 0 Å². The Labute approximate surface area is 206 Å². The van der Waals surface area contributed by atoms with Gasteiger partial charge >= 0.3 is 5.97 Å². The molecule has 1 aliphatic carbocycles. The summed E-state index contributed by atoms with van der Waals surface area (Å²) in [5.74, 6) is 0.0557. The zero-order chi connectivity index (χ0) is 24.7. The van der Waals surface area contributed by atoms with Gasteiger partial charge < -0.3 is 14.7 Å². The Kier molecular flexibility index (Phi) is 6.49. The predicted octanol–water partition coefficient (Wildman–Crippen LogP) is 5.43. The second kappa shape index (κ2) is 9.57. The minimum Gasteiger partial charge on any atom is -0.477 e. The summed E-state index contributed by atoms with van der Waals surface area (Å²) in [5, 5.41) is 15.8. The maximum atomic E-state index is 12.1. The maximum Gasteiger partial charge on any atom is 0.354 e. The van der Waals surface area contributed by atoms with Crippen LogP contribution in [0.3, 0.4) is 0 Å². The lowest BCUT2D eigenvalue weighted by Gasteiger charge is -2.36. The molecule has 1 aliphatic heterocycles. The number of aromatic nitrogens is 4. The molecule has 4 heterocycles. The summed E-state index contributed by atoms with van der Waals surface area (Å²) in [6.07, 6.45) is 7.82. The summed E-state index contributed by atoms with van der Waals surface area (Å²) >= 11 is 0. The molecule has 2 unspecified atom stereocenters. The number of anilines is 1. The molecule has 0 aromatic carbocycles. The normalized spacial score (nSPS) is 21.7. The van der Waals surface area contributed by atoms with Crippen LogP contribution < -0.4 is 4.90 Å². The number of ether oxygens (including phenoxy) is 1. The minimum atomic E-state index is -1.03. The van der Waals surface area contributed by atoms with E-state index >= 15 is 0 Å². The van der Waals surface area contributed by atoms with Gasteiger partial charge in [0, 0.05) is 24.8 Å². The van der Waals surface area contributed by atoms with Crippen LogP contribution in [-0.2, 0) is 4.74 Å². The molecule has 1 saturated heterocycles. The third-order valence-corrected chi connectivity index (χ3v) is 7.18. The van der Waals surface area contributed by atoms with Crippen LogP contribution in [0.15, 0.2) is 24.4 Å². The van der Waals surface area contributed by atoms with E-state index in [1.54, 1.807) is 6.07 Å². The van der Waals surface area contributed by atoms with Gasteiger partial charge in [-0.15, -0.1) is 0 Å². The van der Waals surface area contributed by atoms with Crippen LogP contribution >= 0.6 is 0 Å². The standard InChI is InChI=1S/C27H35N5O3/c1-16(2)25-24-21(19-10-11-23(28-13-19)31-14-17(3)35-18(4)15-31)12-22(27(33)34)29-26(24)32(30-25)20-8-6-5-7-9-20/h10-13,16-18,20H,5-9,14-15H2,1-4H3,(H,33,34). The summed E-state index contributed by atoms with van der Waals surface area (Å²) in [7, 11) is 0. The Bertz CT molecular complexity index is 1200. The molecular formula is C27H35N5O3. The Hall–Kier alpha value is -3.00. The molecule has 0 amide bonds. The van der Waals surface area contributed by atoms with E-state index in [9.17, 15) is 9.90 Å². The zero-order valence-corrected chi connectivity index (χ0v) is 21.1. The van der Waals surface area contributed by atoms with Crippen molar-refractivity contribution in [3.05, 3.63) is 35.8 Å². The van der Waals surface area contributed by atoms with Gasteiger partial charge in [-0.1, -0.05) is 33.1 Å². The molecule has 1 saturated carbocycles. The number of morpholine rings is 1. The van der Waals surface area contributed by atoms with Crippen LogP contribution in [-0.4, -0.2) is 56.1 Å². The van der Waals surface area contributed by atoms with Crippen LogP contribution in [0, 0.1) is 0 Å². The quantitative estimate of drug-likeness (QED) is 0.523. The molecule has 0 bridgehead atoms. The summed E-state index contributed by atoms with van der Waals surface area (Å²) in [5.41, 5.74) is 3.39. The number of fused-ring (bicyclic) bond motifs is 1. The zero-order valence-electron chi connectivity index (χ0n) is 21.1. The first-order valence-electron chi connectivity index (χ1n) is 12.8. The van der Waals surface area contributed by atoms with Crippen molar-refractivity contribution in [1.82, 2.24) is 19.7 Å². The molecule has 2 aliphatic rings. The van der Waals surface area contributed by atoms with Crippen molar-refractivity contribution < 1.29 is 14.6 Å². The van der Waals surface area contributed by atoms with Gasteiger partial charge in [0.25, 0.3) is 0 Å². The lowest BCUT2D eigenvalue weighted by Crippen LogP contribution is -2.45. The summed E-state index contributed by atoms with van der Waals surface area (Å²) in [6.45, 7) is 10.0. The fraction of sp³-hybridized carbons (Fsp3) is 0.556. The van der Waals surface area contributed by atoms with Crippen LogP contribution in [0.2, 0.25) is 0 Å². The number of carboxylic acid groups (broad SMARTS) is 1. The number of pyridine rings is 2. The van der Waals surface area contributed by atoms with E-state index in [1.165, 1.54) is 19.3 Å². The second-order valence-corrected chi connectivity index (χ2v) is 10.4. The van der Waals surface area contributed by atoms with Crippen molar-refractivity contribution in [2.45, 2.75) is 84.0 Å². The van der Waals surface area contributed by atoms with Gasteiger partial charge in [-0.25, -0.2) is 19.4 Å². The van der Waals surface area contributed by atoms with E-state index in [0.29, 0.717) is 5.65 Å². The highest BCUT2D eigenvalue weighted by Gasteiger charge is 2.27. The largest absolute Gasteiger partial charge is 0.477 e. The number of aromatic carboxylic acids is 1. The Morgan fingerprint density at radius 3 is 2.43 bits per heavy atom. The second-order valence-electron chi connectivity index (χ2n) is 10.4. The van der Waals surface area contributed by atoms with E-state index < -0.39 is 5.97 Å². The van der Waals surface area contributed by atoms with E-state index in [0.717, 1.165) is 54.0 Å². The molecule has 3 aromatic heterocycles. The third-order valence-electron chi connectivity index (χ3n) is 7.18. The minimum absolute atomic E-state index is 0.0414. The monoisotopic (exact) mass is 477 g/mol. The number of rotatable bonds is 5. The van der Waals surface area contributed by atoms with Gasteiger partial charge in [0.1, 0.15) is 5.82 Å². The predicted molar refractivity (Wildman–Crippen MR) is 136 cm³/mol. The fourth-order valence-electron chi connectivity index (χ4n) is 5.58. The molecule has 0 spiro atoms. The van der Waals surface area contributed by atoms with Crippen LogP contribution in [0.4, 0.5) is 5.82 Å². The fourth-order valence-corrected chi connectivity index (χ4v) is 5.58. The summed E-state index contributed by atoms with van der Waals surface area (Å²) in [6, 6.07) is 6.00. The molecule has 5 rings (SSSR count). The lowest BCUT2D eigenvalue weighted by atomic mass is 9.95. The highest BCUT2D eigenvalue weighted by molar-refractivity contribution is 5.99. The van der Waals surface area contributed by atoms with Crippen molar-refractivity contribution in [3.63, 3.8) is 0 Å². The van der Waals surface area contributed by atoms with Crippen LogP contribution in [0.25, 0.3) is 22.2 Å². The highest BCUT2D eigenvalue weighted by atomic mass is 16.5. The molecule has 8 heteroatoms. The molecular weight excluding hydrogens is 442 g/mol. The number of hydrogen-bond donors (Lipinski definition) is 1. The van der Waals surface area contributed by atoms with E-state index in [1.807, 2.05) is 23.0 Å². The smallest absolute Gasteiger partial charge is 0.354 e. The molecule has 0 radical (unpaired) electrons. The van der Waals surface area contributed by atoms with Crippen LogP contribution in [0.1, 0.15) is 87.9 Å².